The molecule has 0 aromatic heterocycles. The number of nitrogens with one attached hydrogen (secondary N) is 1. The van der Waals surface area contributed by atoms with E-state index in [0.717, 1.165) is 12.1 Å². The maximum absolute atomic E-state index is 13.3. The third-order valence-corrected chi connectivity index (χ3v) is 2.90. The highest BCUT2D eigenvalue weighted by Crippen LogP contribution is 2.33. The summed E-state index contributed by atoms with van der Waals surface area (Å²) in [7, 11) is 0. The summed E-state index contributed by atoms with van der Waals surface area (Å²) in [6.45, 7) is 5.31. The van der Waals surface area contributed by atoms with Gasteiger partial charge < -0.3 is 10.1 Å². The van der Waals surface area contributed by atoms with Crippen molar-refractivity contribution in [2.24, 2.45) is 0 Å². The van der Waals surface area contributed by atoms with Crippen LogP contribution in [0.5, 0.6) is 0 Å². The fourth-order valence-electron chi connectivity index (χ4n) is 1.96. The highest BCUT2D eigenvalue weighted by molar-refractivity contribution is 5.29. The van der Waals surface area contributed by atoms with Gasteiger partial charge in [-0.25, -0.2) is 4.39 Å². The monoisotopic (exact) mass is 293 g/mol. The molecule has 0 saturated heterocycles. The predicted molar refractivity (Wildman–Crippen MR) is 68.9 cm³/mol. The Kier molecular flexibility index (Phi) is 6.42. The van der Waals surface area contributed by atoms with Gasteiger partial charge >= 0.3 is 6.18 Å². The molecule has 0 bridgehead atoms. The number of rotatable bonds is 7. The molecule has 1 unspecified atom stereocenters. The zero-order chi connectivity index (χ0) is 15.2. The summed E-state index contributed by atoms with van der Waals surface area (Å²) in [6, 6.07) is 2.83. The average Bonchev–Trinajstić information content (AvgIpc) is 2.37. The Morgan fingerprint density at radius 1 is 1.25 bits per heavy atom. The van der Waals surface area contributed by atoms with E-state index >= 15 is 0 Å². The van der Waals surface area contributed by atoms with Crippen LogP contribution < -0.4 is 5.32 Å². The topological polar surface area (TPSA) is 21.3 Å². The molecule has 20 heavy (non-hydrogen) atoms. The van der Waals surface area contributed by atoms with Crippen LogP contribution in [0.1, 0.15) is 37.4 Å². The Morgan fingerprint density at radius 3 is 2.50 bits per heavy atom. The molecule has 1 atom stereocenters. The van der Waals surface area contributed by atoms with Gasteiger partial charge in [-0.15, -0.1) is 0 Å². The Bertz CT molecular complexity index is 420. The minimum atomic E-state index is -4.68. The van der Waals surface area contributed by atoms with Crippen LogP contribution in [-0.2, 0) is 10.9 Å². The van der Waals surface area contributed by atoms with Gasteiger partial charge in [0.1, 0.15) is 5.82 Å². The molecular weight excluding hydrogens is 274 g/mol. The average molecular weight is 293 g/mol. The number of hydrogen-bond donors (Lipinski definition) is 1. The molecule has 1 N–H and O–H groups in total. The van der Waals surface area contributed by atoms with E-state index in [1.807, 2.05) is 13.8 Å². The van der Waals surface area contributed by atoms with Crippen LogP contribution in [0.3, 0.4) is 0 Å². The van der Waals surface area contributed by atoms with Crippen molar-refractivity contribution < 1.29 is 22.3 Å². The molecule has 2 nitrogen and oxygen atoms in total. The number of halogens is 4. The lowest BCUT2D eigenvalue weighted by atomic mass is 10.0. The third kappa shape index (κ3) is 4.76. The summed E-state index contributed by atoms with van der Waals surface area (Å²) in [6.07, 6.45) is -4.15. The Morgan fingerprint density at radius 2 is 1.95 bits per heavy atom. The van der Waals surface area contributed by atoms with E-state index in [2.05, 4.69) is 5.32 Å². The number of hydrogen-bond acceptors (Lipinski definition) is 2. The second-order valence-corrected chi connectivity index (χ2v) is 4.33. The molecule has 1 aromatic rings. The van der Waals surface area contributed by atoms with Gasteiger partial charge in [-0.1, -0.05) is 13.0 Å². The zero-order valence-electron chi connectivity index (χ0n) is 11.6. The van der Waals surface area contributed by atoms with E-state index in [0.29, 0.717) is 31.7 Å². The molecule has 0 aliphatic heterocycles. The maximum atomic E-state index is 13.3. The lowest BCUT2D eigenvalue weighted by molar-refractivity contribution is -0.140. The Hall–Kier alpha value is -1.14. The lowest BCUT2D eigenvalue weighted by Crippen LogP contribution is -2.23. The van der Waals surface area contributed by atoms with Crippen LogP contribution >= 0.6 is 0 Å². The first-order valence-electron chi connectivity index (χ1n) is 6.57. The number of ether oxygens (including phenoxy) is 1. The normalized spacial score (nSPS) is 13.5. The molecule has 0 amide bonds. The van der Waals surface area contributed by atoms with Crippen molar-refractivity contribution in [2.45, 2.75) is 32.5 Å². The van der Waals surface area contributed by atoms with Gasteiger partial charge in [-0.05, 0) is 37.6 Å². The fourth-order valence-corrected chi connectivity index (χ4v) is 1.96. The molecule has 1 aromatic carbocycles. The minimum absolute atomic E-state index is 0.284. The fraction of sp³-hybridized carbons (Fsp3) is 0.571. The van der Waals surface area contributed by atoms with Gasteiger partial charge in [-0.2, -0.15) is 13.2 Å². The SMILES string of the molecule is CCNC(CCOCC)c1ccc(F)c(C(F)(F)F)c1. The quantitative estimate of drug-likeness (QED) is 0.607. The first kappa shape index (κ1) is 16.9. The van der Waals surface area contributed by atoms with E-state index in [4.69, 9.17) is 4.74 Å². The first-order valence-corrected chi connectivity index (χ1v) is 6.57. The second-order valence-electron chi connectivity index (χ2n) is 4.33. The van der Waals surface area contributed by atoms with Gasteiger partial charge in [0.15, 0.2) is 0 Å². The van der Waals surface area contributed by atoms with Gasteiger partial charge in [0.25, 0.3) is 0 Å². The van der Waals surface area contributed by atoms with Crippen molar-refractivity contribution in [3.8, 4) is 0 Å². The summed E-state index contributed by atoms with van der Waals surface area (Å²) >= 11 is 0. The molecule has 0 spiro atoms. The van der Waals surface area contributed by atoms with E-state index in [-0.39, 0.29) is 6.04 Å². The van der Waals surface area contributed by atoms with E-state index < -0.39 is 17.6 Å². The van der Waals surface area contributed by atoms with E-state index in [1.165, 1.54) is 6.07 Å². The molecular formula is C14H19F4NO. The van der Waals surface area contributed by atoms with Crippen molar-refractivity contribution >= 4 is 0 Å². The molecule has 0 fully saturated rings. The molecule has 0 saturated carbocycles. The van der Waals surface area contributed by atoms with Gasteiger partial charge in [0, 0.05) is 19.3 Å². The van der Waals surface area contributed by atoms with Crippen LogP contribution in [-0.4, -0.2) is 19.8 Å². The molecule has 0 aliphatic carbocycles. The van der Waals surface area contributed by atoms with Crippen molar-refractivity contribution in [1.29, 1.82) is 0 Å². The highest BCUT2D eigenvalue weighted by atomic mass is 19.4. The molecule has 1 rings (SSSR count). The molecule has 0 heterocycles. The number of benzene rings is 1. The number of alkyl halides is 3. The molecule has 114 valence electrons. The minimum Gasteiger partial charge on any atom is -0.382 e. The van der Waals surface area contributed by atoms with E-state index in [9.17, 15) is 17.6 Å². The van der Waals surface area contributed by atoms with E-state index in [1.54, 1.807) is 0 Å². The van der Waals surface area contributed by atoms with Crippen LogP contribution in [0.4, 0.5) is 17.6 Å². The molecule has 0 radical (unpaired) electrons. The van der Waals surface area contributed by atoms with Crippen LogP contribution in [0, 0.1) is 5.82 Å². The highest BCUT2D eigenvalue weighted by Gasteiger charge is 2.34. The summed E-state index contributed by atoms with van der Waals surface area (Å²) < 4.78 is 56.6. The van der Waals surface area contributed by atoms with Crippen molar-refractivity contribution in [3.63, 3.8) is 0 Å². The van der Waals surface area contributed by atoms with Gasteiger partial charge in [0.05, 0.1) is 5.56 Å². The maximum Gasteiger partial charge on any atom is 0.419 e. The summed E-state index contributed by atoms with van der Waals surface area (Å²) in [4.78, 5) is 0. The van der Waals surface area contributed by atoms with Crippen molar-refractivity contribution in [2.75, 3.05) is 19.8 Å². The summed E-state index contributed by atoms with van der Waals surface area (Å²) in [5.74, 6) is -1.25. The molecule has 6 heteroatoms. The van der Waals surface area contributed by atoms with Crippen molar-refractivity contribution in [3.05, 3.63) is 35.1 Å². The summed E-state index contributed by atoms with van der Waals surface area (Å²) in [5, 5.41) is 3.09. The zero-order valence-corrected chi connectivity index (χ0v) is 11.6. The van der Waals surface area contributed by atoms with Gasteiger partial charge in [-0.3, -0.25) is 0 Å². The van der Waals surface area contributed by atoms with Crippen LogP contribution in [0.2, 0.25) is 0 Å². The first-order chi connectivity index (χ1) is 9.40. The predicted octanol–water partition coefficient (Wildman–Crippen LogP) is 3.92. The van der Waals surface area contributed by atoms with Crippen LogP contribution in [0.25, 0.3) is 0 Å². The Labute approximate surface area is 116 Å². The second kappa shape index (κ2) is 7.59. The standard InChI is InChI=1S/C14H19F4NO/c1-3-19-13(7-8-20-4-2)10-5-6-12(15)11(9-10)14(16,17)18/h5-6,9,13,19H,3-4,7-8H2,1-2H3. The van der Waals surface area contributed by atoms with Gasteiger partial charge in [0.2, 0.25) is 0 Å². The third-order valence-electron chi connectivity index (χ3n) is 2.90. The molecule has 0 aliphatic rings. The smallest absolute Gasteiger partial charge is 0.382 e. The largest absolute Gasteiger partial charge is 0.419 e. The lowest BCUT2D eigenvalue weighted by Gasteiger charge is -2.20. The van der Waals surface area contributed by atoms with Crippen LogP contribution in [0.15, 0.2) is 18.2 Å². The Balaban J connectivity index is 2.96. The van der Waals surface area contributed by atoms with Crippen molar-refractivity contribution in [1.82, 2.24) is 5.32 Å². The summed E-state index contributed by atoms with van der Waals surface area (Å²) in [5.41, 5.74) is -0.811.